The molecule has 9 N–H and O–H groups in total. The van der Waals surface area contributed by atoms with Crippen molar-refractivity contribution in [3.63, 3.8) is 0 Å². The van der Waals surface area contributed by atoms with Gasteiger partial charge in [0.15, 0.2) is 22.6 Å². The molecule has 8 atom stereocenters. The first-order valence-corrected chi connectivity index (χ1v) is 15.9. The molecule has 3 saturated heterocycles. The lowest BCUT2D eigenvalue weighted by atomic mass is 10.2. The topological polar surface area (TPSA) is 315 Å². The van der Waals surface area contributed by atoms with Crippen LogP contribution in [0, 0.1) is 0 Å². The number of imidazole rings is 2. The fourth-order valence-corrected chi connectivity index (χ4v) is 7.24. The lowest BCUT2D eigenvalue weighted by Crippen LogP contribution is -2.32. The summed E-state index contributed by atoms with van der Waals surface area (Å²) in [7, 11) is -9.56. The number of H-pyrrole nitrogens is 1. The zero-order valence-corrected chi connectivity index (χ0v) is 24.1. The summed E-state index contributed by atoms with van der Waals surface area (Å²) in [6.07, 6.45) is -4.01. The summed E-state index contributed by atoms with van der Waals surface area (Å²) in [4.78, 5) is 56.0. The van der Waals surface area contributed by atoms with E-state index in [-0.39, 0.29) is 52.9 Å². The van der Waals surface area contributed by atoms with E-state index >= 15 is 0 Å². The summed E-state index contributed by atoms with van der Waals surface area (Å²) in [5.41, 5.74) is 17.2. The van der Waals surface area contributed by atoms with Crippen LogP contribution in [0.1, 0.15) is 25.3 Å². The number of nitrogens with one attached hydrogen (secondary N) is 1. The molecule has 3 fully saturated rings. The van der Waals surface area contributed by atoms with E-state index < -0.39 is 71.3 Å². The number of fused-ring (bicyclic) bond motifs is 4. The van der Waals surface area contributed by atoms with Gasteiger partial charge in [-0.25, -0.2) is 19.1 Å². The van der Waals surface area contributed by atoms with E-state index in [9.17, 15) is 23.7 Å². The third kappa shape index (κ3) is 5.34. The Morgan fingerprint density at radius 3 is 1.89 bits per heavy atom. The zero-order chi connectivity index (χ0) is 31.0. The number of hydrogen-bond donors (Lipinski definition) is 6. The van der Waals surface area contributed by atoms with Crippen LogP contribution in [0.3, 0.4) is 0 Å². The minimum atomic E-state index is -4.78. The van der Waals surface area contributed by atoms with Crippen LogP contribution in [-0.2, 0) is 36.7 Å². The largest absolute Gasteiger partial charge is 0.472 e. The maximum Gasteiger partial charge on any atom is 0.472 e. The zero-order valence-electron chi connectivity index (χ0n) is 22.3. The number of hydrogen-bond acceptors (Lipinski definition) is 17. The number of aromatic amines is 1. The van der Waals surface area contributed by atoms with Crippen LogP contribution in [0.25, 0.3) is 22.3 Å². The molecule has 0 spiro atoms. The van der Waals surface area contributed by atoms with E-state index in [2.05, 4.69) is 29.9 Å². The van der Waals surface area contributed by atoms with Crippen molar-refractivity contribution < 1.29 is 46.5 Å². The molecule has 3 aliphatic rings. The van der Waals surface area contributed by atoms with Gasteiger partial charge in [0.1, 0.15) is 42.4 Å². The molecule has 4 aromatic heterocycles. The number of nitrogens with two attached hydrogens (primary N) is 3. The molecule has 0 bridgehead atoms. The van der Waals surface area contributed by atoms with E-state index in [0.717, 1.165) is 0 Å². The third-order valence-corrected chi connectivity index (χ3v) is 9.26. The van der Waals surface area contributed by atoms with Crippen LogP contribution < -0.4 is 22.8 Å². The Hall–Kier alpha value is -3.56. The van der Waals surface area contributed by atoms with E-state index in [1.165, 1.54) is 21.8 Å². The number of anilines is 3. The molecule has 3 aliphatic heterocycles. The third-order valence-electron chi connectivity index (χ3n) is 7.24. The average molecular weight is 657 g/mol. The molecule has 4 unspecified atom stereocenters. The molecule has 0 saturated carbocycles. The predicted molar refractivity (Wildman–Crippen MR) is 145 cm³/mol. The van der Waals surface area contributed by atoms with E-state index in [4.69, 9.17) is 44.8 Å². The van der Waals surface area contributed by atoms with Crippen LogP contribution in [0.4, 0.5) is 17.7 Å². The Labute approximate surface area is 244 Å². The molecule has 7 heterocycles. The predicted octanol–water partition coefficient (Wildman–Crippen LogP) is -0.701. The van der Waals surface area contributed by atoms with Crippen LogP contribution in [-0.4, -0.2) is 86.5 Å². The molecule has 24 heteroatoms. The van der Waals surface area contributed by atoms with Gasteiger partial charge in [0.2, 0.25) is 11.9 Å². The lowest BCUT2D eigenvalue weighted by molar-refractivity contribution is -0.0661. The van der Waals surface area contributed by atoms with Gasteiger partial charge < -0.3 is 36.5 Å². The van der Waals surface area contributed by atoms with Crippen LogP contribution >= 0.6 is 15.6 Å². The maximum atomic E-state index is 13.0. The van der Waals surface area contributed by atoms with Crippen molar-refractivity contribution in [3.8, 4) is 0 Å². The summed E-state index contributed by atoms with van der Waals surface area (Å²) < 4.78 is 62.2. The van der Waals surface area contributed by atoms with Crippen LogP contribution in [0.15, 0.2) is 17.4 Å². The van der Waals surface area contributed by atoms with Crippen LogP contribution in [0.2, 0.25) is 0 Å². The molecule has 7 rings (SSSR count). The summed E-state index contributed by atoms with van der Waals surface area (Å²) in [5, 5.41) is 0. The maximum absolute atomic E-state index is 13.0. The summed E-state index contributed by atoms with van der Waals surface area (Å²) in [5.74, 6) is -0.248. The van der Waals surface area contributed by atoms with Gasteiger partial charge in [0.25, 0.3) is 5.56 Å². The SMILES string of the molecule is Nc1nc(N)c2ncn(C3C[C@@H]4OP(=O)(O)OC[C@H]5OC(n6cnc7c(=O)[nH]c(N)nc76)C[C@@H]5OP(=O)(O)OC[C@H]4O3)c2n1. The standard InChI is InChI=1S/C20H25N11O11P2/c21-15-13-16(27-19(22)26-15)30(5-24-13)11-1-7-9(39-11)3-37-44(35,36)42-8-2-12(40-10(8)4-38-43(33,34)41-7)31-6-25-14-17(31)28-20(23)29-18(14)32/h5-12H,1-4H2,(H,33,34)(H,35,36)(H4,21,22,26,27)(H3,23,28,29,32)/t7-,8-,9+,10+,11?,12?/m0/s1. The van der Waals surface area contributed by atoms with Crippen molar-refractivity contribution in [1.29, 1.82) is 0 Å². The van der Waals surface area contributed by atoms with Gasteiger partial charge in [-0.3, -0.25) is 37.0 Å². The van der Waals surface area contributed by atoms with Gasteiger partial charge >= 0.3 is 15.6 Å². The van der Waals surface area contributed by atoms with E-state index in [1.807, 2.05) is 0 Å². The van der Waals surface area contributed by atoms with Crippen molar-refractivity contribution in [2.24, 2.45) is 0 Å². The highest BCUT2D eigenvalue weighted by Gasteiger charge is 2.47. The van der Waals surface area contributed by atoms with Crippen molar-refractivity contribution in [2.45, 2.75) is 49.7 Å². The average Bonchev–Trinajstić information content (AvgIpc) is 3.70. The Bertz CT molecular complexity index is 1920. The highest BCUT2D eigenvalue weighted by atomic mass is 31.2. The number of phosphoric ester groups is 2. The molecule has 236 valence electrons. The number of ether oxygens (including phenoxy) is 2. The molecule has 44 heavy (non-hydrogen) atoms. The monoisotopic (exact) mass is 657 g/mol. The molecule has 22 nitrogen and oxygen atoms in total. The second-order valence-electron chi connectivity index (χ2n) is 10.1. The molecule has 0 aromatic carbocycles. The Kier molecular flexibility index (Phi) is 6.97. The first-order valence-electron chi connectivity index (χ1n) is 13.0. The van der Waals surface area contributed by atoms with E-state index in [1.54, 1.807) is 0 Å². The highest BCUT2D eigenvalue weighted by molar-refractivity contribution is 7.47. The van der Waals surface area contributed by atoms with Crippen molar-refractivity contribution in [3.05, 3.63) is 23.0 Å². The summed E-state index contributed by atoms with van der Waals surface area (Å²) >= 11 is 0. The first-order chi connectivity index (χ1) is 20.9. The fourth-order valence-electron chi connectivity index (χ4n) is 5.32. The highest BCUT2D eigenvalue weighted by Crippen LogP contribution is 2.53. The molecular weight excluding hydrogens is 632 g/mol. The molecular formula is C20H25N11O11P2. The Morgan fingerprint density at radius 1 is 0.795 bits per heavy atom. The van der Waals surface area contributed by atoms with Gasteiger partial charge in [-0.1, -0.05) is 0 Å². The quantitative estimate of drug-likeness (QED) is 0.145. The van der Waals surface area contributed by atoms with Crippen molar-refractivity contribution >= 4 is 55.7 Å². The van der Waals surface area contributed by atoms with Crippen molar-refractivity contribution in [2.75, 3.05) is 30.4 Å². The summed E-state index contributed by atoms with van der Waals surface area (Å²) in [6, 6.07) is 0. The molecule has 0 radical (unpaired) electrons. The van der Waals surface area contributed by atoms with Gasteiger partial charge in [-0.2, -0.15) is 15.0 Å². The van der Waals surface area contributed by atoms with Crippen molar-refractivity contribution in [1.82, 2.24) is 39.0 Å². The molecule has 0 amide bonds. The van der Waals surface area contributed by atoms with Gasteiger partial charge in [0.05, 0.1) is 25.9 Å². The number of nitrogens with zero attached hydrogens (tertiary/aromatic N) is 7. The minimum absolute atomic E-state index is 0.0248. The molecule has 4 aromatic rings. The van der Waals surface area contributed by atoms with Gasteiger partial charge in [-0.15, -0.1) is 0 Å². The lowest BCUT2D eigenvalue weighted by Gasteiger charge is -2.26. The fraction of sp³-hybridized carbons (Fsp3) is 0.500. The van der Waals surface area contributed by atoms with Crippen LogP contribution in [0.5, 0.6) is 0 Å². The Morgan fingerprint density at radius 2 is 1.32 bits per heavy atom. The smallest absolute Gasteiger partial charge is 0.382 e. The molecule has 0 aliphatic carbocycles. The first kappa shape index (κ1) is 29.2. The second kappa shape index (κ2) is 10.5. The van der Waals surface area contributed by atoms with Gasteiger partial charge in [0, 0.05) is 12.8 Å². The van der Waals surface area contributed by atoms with Gasteiger partial charge in [-0.05, 0) is 0 Å². The number of nitrogen functional groups attached to an aromatic ring is 3. The number of phosphoric acid groups is 2. The van der Waals surface area contributed by atoms with E-state index in [0.29, 0.717) is 0 Å². The summed E-state index contributed by atoms with van der Waals surface area (Å²) in [6.45, 7) is -1.18. The number of rotatable bonds is 2. The second-order valence-corrected chi connectivity index (χ2v) is 12.9. The number of aromatic nitrogens is 8. The Balaban J connectivity index is 1.13. The normalized spacial score (nSPS) is 34.9. The minimum Gasteiger partial charge on any atom is -0.382 e.